The topological polar surface area (TPSA) is 41.5 Å². The highest BCUT2D eigenvalue weighted by atomic mass is 19.4. The summed E-state index contributed by atoms with van der Waals surface area (Å²) in [7, 11) is 0. The van der Waals surface area contributed by atoms with E-state index in [2.05, 4.69) is 5.32 Å². The second-order valence-electron chi connectivity index (χ2n) is 4.22. The number of ether oxygens (including phenoxy) is 1. The molecule has 2 N–H and O–H groups in total. The van der Waals surface area contributed by atoms with Crippen LogP contribution in [0.2, 0.25) is 0 Å². The summed E-state index contributed by atoms with van der Waals surface area (Å²) in [6, 6.07) is 6.88. The van der Waals surface area contributed by atoms with Crippen molar-refractivity contribution in [1.82, 2.24) is 5.32 Å². The maximum absolute atomic E-state index is 12.1. The van der Waals surface area contributed by atoms with Crippen molar-refractivity contribution < 1.29 is 23.0 Å². The Bertz CT molecular complexity index is 396. The fourth-order valence-corrected chi connectivity index (χ4v) is 1.57. The molecule has 1 aromatic rings. The largest absolute Gasteiger partial charge is 0.491 e. The van der Waals surface area contributed by atoms with Crippen LogP contribution in [0.1, 0.15) is 25.5 Å². The number of hydrogen-bond acceptors (Lipinski definition) is 3. The molecular formula is C13H18F3NO2. The van der Waals surface area contributed by atoms with E-state index in [0.29, 0.717) is 5.75 Å². The highest BCUT2D eigenvalue weighted by Crippen LogP contribution is 2.23. The summed E-state index contributed by atoms with van der Waals surface area (Å²) in [5.41, 5.74) is 0.917. The molecular weight excluding hydrogens is 259 g/mol. The Hall–Kier alpha value is -1.27. The summed E-state index contributed by atoms with van der Waals surface area (Å²) in [6.45, 7) is 3.91. The molecule has 0 saturated heterocycles. The van der Waals surface area contributed by atoms with Crippen LogP contribution in [0.25, 0.3) is 0 Å². The van der Waals surface area contributed by atoms with Gasteiger partial charge in [0.1, 0.15) is 12.4 Å². The second kappa shape index (κ2) is 6.77. The van der Waals surface area contributed by atoms with E-state index in [9.17, 15) is 13.2 Å². The molecule has 0 aliphatic heterocycles. The number of nitrogens with one attached hydrogen (secondary N) is 1. The third kappa shape index (κ3) is 5.08. The highest BCUT2D eigenvalue weighted by molar-refractivity contribution is 5.30. The average molecular weight is 277 g/mol. The van der Waals surface area contributed by atoms with Crippen LogP contribution in [0.4, 0.5) is 13.2 Å². The molecule has 0 amide bonds. The van der Waals surface area contributed by atoms with Gasteiger partial charge in [0.25, 0.3) is 0 Å². The molecule has 0 radical (unpaired) electrons. The van der Waals surface area contributed by atoms with Crippen LogP contribution in [0, 0.1) is 0 Å². The van der Waals surface area contributed by atoms with Crippen LogP contribution in [-0.4, -0.2) is 30.5 Å². The number of hydrogen-bond donors (Lipinski definition) is 2. The van der Waals surface area contributed by atoms with Crippen molar-refractivity contribution in [2.45, 2.75) is 32.2 Å². The molecule has 2 unspecified atom stereocenters. The van der Waals surface area contributed by atoms with Crippen LogP contribution < -0.4 is 10.1 Å². The van der Waals surface area contributed by atoms with Crippen LogP contribution in [0.3, 0.4) is 0 Å². The van der Waals surface area contributed by atoms with Gasteiger partial charge in [0.15, 0.2) is 6.10 Å². The molecule has 0 aromatic heterocycles. The SMILES string of the molecule is CCNC(C)c1cccc(OCC(O)C(F)(F)F)c1. The Morgan fingerprint density at radius 3 is 2.63 bits per heavy atom. The molecule has 0 aliphatic carbocycles. The lowest BCUT2D eigenvalue weighted by Crippen LogP contribution is -2.34. The molecule has 1 rings (SSSR count). The number of rotatable bonds is 6. The Labute approximate surface area is 110 Å². The van der Waals surface area contributed by atoms with E-state index in [0.717, 1.165) is 12.1 Å². The molecule has 108 valence electrons. The minimum Gasteiger partial charge on any atom is -0.491 e. The van der Waals surface area contributed by atoms with Gasteiger partial charge in [0.2, 0.25) is 0 Å². The van der Waals surface area contributed by atoms with Gasteiger partial charge in [-0.25, -0.2) is 0 Å². The van der Waals surface area contributed by atoms with Gasteiger partial charge in [-0.05, 0) is 31.2 Å². The van der Waals surface area contributed by atoms with Crippen LogP contribution >= 0.6 is 0 Å². The quantitative estimate of drug-likeness (QED) is 0.840. The average Bonchev–Trinajstić information content (AvgIpc) is 2.35. The van der Waals surface area contributed by atoms with E-state index in [-0.39, 0.29) is 6.04 Å². The van der Waals surface area contributed by atoms with Gasteiger partial charge in [0.05, 0.1) is 0 Å². The fourth-order valence-electron chi connectivity index (χ4n) is 1.57. The minimum absolute atomic E-state index is 0.0843. The second-order valence-corrected chi connectivity index (χ2v) is 4.22. The molecule has 0 spiro atoms. The van der Waals surface area contributed by atoms with Crippen molar-refractivity contribution >= 4 is 0 Å². The van der Waals surface area contributed by atoms with Crippen LogP contribution in [-0.2, 0) is 0 Å². The predicted molar refractivity (Wildman–Crippen MR) is 66.1 cm³/mol. The van der Waals surface area contributed by atoms with E-state index >= 15 is 0 Å². The zero-order valence-corrected chi connectivity index (χ0v) is 10.9. The third-order valence-electron chi connectivity index (χ3n) is 2.65. The van der Waals surface area contributed by atoms with E-state index in [1.807, 2.05) is 19.9 Å². The van der Waals surface area contributed by atoms with Gasteiger partial charge in [-0.3, -0.25) is 0 Å². The van der Waals surface area contributed by atoms with Gasteiger partial charge >= 0.3 is 6.18 Å². The Balaban J connectivity index is 2.62. The Kier molecular flexibility index (Phi) is 5.62. The molecule has 6 heteroatoms. The first kappa shape index (κ1) is 15.8. The summed E-state index contributed by atoms with van der Waals surface area (Å²) in [6.07, 6.45) is -7.13. The van der Waals surface area contributed by atoms with Crippen LogP contribution in [0.5, 0.6) is 5.75 Å². The summed E-state index contributed by atoms with van der Waals surface area (Å²) in [5.74, 6) is 0.311. The maximum atomic E-state index is 12.1. The summed E-state index contributed by atoms with van der Waals surface area (Å²) < 4.78 is 41.3. The van der Waals surface area contributed by atoms with Crippen molar-refractivity contribution in [3.8, 4) is 5.75 Å². The minimum atomic E-state index is -4.66. The summed E-state index contributed by atoms with van der Waals surface area (Å²) in [5, 5.41) is 12.0. The van der Waals surface area contributed by atoms with E-state index in [4.69, 9.17) is 9.84 Å². The smallest absolute Gasteiger partial charge is 0.417 e. The predicted octanol–water partition coefficient (Wildman–Crippen LogP) is 2.66. The molecule has 19 heavy (non-hydrogen) atoms. The number of benzene rings is 1. The number of aliphatic hydroxyl groups is 1. The Morgan fingerprint density at radius 1 is 1.37 bits per heavy atom. The third-order valence-corrected chi connectivity index (χ3v) is 2.65. The number of halogens is 3. The van der Waals surface area contributed by atoms with E-state index in [1.165, 1.54) is 0 Å². The monoisotopic (exact) mass is 277 g/mol. The lowest BCUT2D eigenvalue weighted by atomic mass is 10.1. The van der Waals surface area contributed by atoms with Gasteiger partial charge in [-0.15, -0.1) is 0 Å². The van der Waals surface area contributed by atoms with Crippen molar-refractivity contribution in [3.63, 3.8) is 0 Å². The molecule has 2 atom stereocenters. The first-order valence-electron chi connectivity index (χ1n) is 6.05. The molecule has 0 aliphatic rings. The first-order valence-corrected chi connectivity index (χ1v) is 6.05. The van der Waals surface area contributed by atoms with Gasteiger partial charge < -0.3 is 15.2 Å². The van der Waals surface area contributed by atoms with E-state index in [1.54, 1.807) is 18.2 Å². The maximum Gasteiger partial charge on any atom is 0.417 e. The van der Waals surface area contributed by atoms with E-state index < -0.39 is 18.9 Å². The molecule has 0 heterocycles. The summed E-state index contributed by atoms with van der Waals surface area (Å²) in [4.78, 5) is 0. The van der Waals surface area contributed by atoms with Crippen molar-refractivity contribution in [2.75, 3.05) is 13.2 Å². The molecule has 1 aromatic carbocycles. The number of aliphatic hydroxyl groups excluding tert-OH is 1. The van der Waals surface area contributed by atoms with Gasteiger partial charge in [0, 0.05) is 6.04 Å². The van der Waals surface area contributed by atoms with Crippen molar-refractivity contribution in [1.29, 1.82) is 0 Å². The Morgan fingerprint density at radius 2 is 2.05 bits per heavy atom. The lowest BCUT2D eigenvalue weighted by Gasteiger charge is -2.17. The standard InChI is InChI=1S/C13H18F3NO2/c1-3-17-9(2)10-5-4-6-11(7-10)19-8-12(18)13(14,15)16/h4-7,9,12,17-18H,3,8H2,1-2H3. The molecule has 0 bridgehead atoms. The highest BCUT2D eigenvalue weighted by Gasteiger charge is 2.38. The summed E-state index contributed by atoms with van der Waals surface area (Å²) >= 11 is 0. The van der Waals surface area contributed by atoms with Gasteiger partial charge in [-0.1, -0.05) is 19.1 Å². The fraction of sp³-hybridized carbons (Fsp3) is 0.538. The zero-order valence-electron chi connectivity index (χ0n) is 10.9. The first-order chi connectivity index (χ1) is 8.84. The molecule has 0 saturated carbocycles. The lowest BCUT2D eigenvalue weighted by molar-refractivity contribution is -0.210. The van der Waals surface area contributed by atoms with Crippen LogP contribution in [0.15, 0.2) is 24.3 Å². The van der Waals surface area contributed by atoms with Crippen molar-refractivity contribution in [3.05, 3.63) is 29.8 Å². The van der Waals surface area contributed by atoms with Gasteiger partial charge in [-0.2, -0.15) is 13.2 Å². The molecule has 3 nitrogen and oxygen atoms in total. The number of alkyl halides is 3. The normalized spacial score (nSPS) is 15.1. The molecule has 0 fully saturated rings. The van der Waals surface area contributed by atoms with Crippen molar-refractivity contribution in [2.24, 2.45) is 0 Å². The zero-order chi connectivity index (χ0) is 14.5.